The molecule has 2 aromatic rings. The highest BCUT2D eigenvalue weighted by Crippen LogP contribution is 2.31. The van der Waals surface area contributed by atoms with Crippen molar-refractivity contribution in [3.63, 3.8) is 0 Å². The minimum absolute atomic E-state index is 0.251. The summed E-state index contributed by atoms with van der Waals surface area (Å²) in [6, 6.07) is 9.32. The van der Waals surface area contributed by atoms with E-state index in [9.17, 15) is 5.26 Å². The first kappa shape index (κ1) is 13.9. The zero-order valence-corrected chi connectivity index (χ0v) is 12.4. The molecule has 0 bridgehead atoms. The maximum atomic E-state index is 9.26. The third kappa shape index (κ3) is 2.60. The van der Waals surface area contributed by atoms with E-state index in [1.165, 1.54) is 0 Å². The lowest BCUT2D eigenvalue weighted by molar-refractivity contribution is 0.559. The summed E-state index contributed by atoms with van der Waals surface area (Å²) >= 11 is 12.2. The van der Waals surface area contributed by atoms with Gasteiger partial charge in [-0.1, -0.05) is 50.0 Å². The molecule has 0 aliphatic heterocycles. The van der Waals surface area contributed by atoms with Crippen LogP contribution in [0.3, 0.4) is 0 Å². The molecule has 0 saturated carbocycles. The first-order chi connectivity index (χ1) is 8.84. The van der Waals surface area contributed by atoms with Gasteiger partial charge in [-0.25, -0.2) is 4.68 Å². The van der Waals surface area contributed by atoms with E-state index >= 15 is 0 Å². The predicted octanol–water partition coefficient (Wildman–Crippen LogP) is 4.35. The van der Waals surface area contributed by atoms with E-state index in [0.29, 0.717) is 21.4 Å². The standard InChI is InChI=1S/C14H13Cl2N3/c1-14(2,3)12-11(8-17)13(16)19(18-12)10-6-4-5-9(15)7-10/h4-7H,1-3H3. The van der Waals surface area contributed by atoms with E-state index < -0.39 is 0 Å². The highest BCUT2D eigenvalue weighted by Gasteiger charge is 2.26. The highest BCUT2D eigenvalue weighted by atomic mass is 35.5. The van der Waals surface area contributed by atoms with Gasteiger partial charge in [0.25, 0.3) is 0 Å². The van der Waals surface area contributed by atoms with E-state index in [1.807, 2.05) is 32.9 Å². The number of halogens is 2. The first-order valence-electron chi connectivity index (χ1n) is 5.79. The molecule has 0 saturated heterocycles. The van der Waals surface area contributed by atoms with E-state index in [4.69, 9.17) is 23.2 Å². The summed E-state index contributed by atoms with van der Waals surface area (Å²) in [6.07, 6.45) is 0. The summed E-state index contributed by atoms with van der Waals surface area (Å²) < 4.78 is 1.55. The molecule has 19 heavy (non-hydrogen) atoms. The molecule has 2 rings (SSSR count). The van der Waals surface area contributed by atoms with Gasteiger partial charge in [-0.05, 0) is 18.2 Å². The van der Waals surface area contributed by atoms with E-state index in [-0.39, 0.29) is 5.41 Å². The van der Waals surface area contributed by atoms with Crippen molar-refractivity contribution in [1.29, 1.82) is 5.26 Å². The topological polar surface area (TPSA) is 41.6 Å². The fourth-order valence-corrected chi connectivity index (χ4v) is 2.25. The summed E-state index contributed by atoms with van der Waals surface area (Å²) in [5.74, 6) is 0. The van der Waals surface area contributed by atoms with Crippen molar-refractivity contribution in [2.24, 2.45) is 0 Å². The molecular formula is C14H13Cl2N3. The molecule has 0 aliphatic rings. The lowest BCUT2D eigenvalue weighted by Crippen LogP contribution is -2.14. The maximum absolute atomic E-state index is 9.26. The molecule has 0 atom stereocenters. The monoisotopic (exact) mass is 293 g/mol. The van der Waals surface area contributed by atoms with Gasteiger partial charge >= 0.3 is 0 Å². The van der Waals surface area contributed by atoms with Crippen molar-refractivity contribution < 1.29 is 0 Å². The second-order valence-corrected chi connectivity index (χ2v) is 6.06. The summed E-state index contributed by atoms with van der Waals surface area (Å²) in [6.45, 7) is 5.98. The van der Waals surface area contributed by atoms with Crippen molar-refractivity contribution in [2.45, 2.75) is 26.2 Å². The van der Waals surface area contributed by atoms with Crippen LogP contribution in [0.5, 0.6) is 0 Å². The molecule has 3 nitrogen and oxygen atoms in total. The fraction of sp³-hybridized carbons (Fsp3) is 0.286. The zero-order chi connectivity index (χ0) is 14.2. The average molecular weight is 294 g/mol. The SMILES string of the molecule is CC(C)(C)c1nn(-c2cccc(Cl)c2)c(Cl)c1C#N. The van der Waals surface area contributed by atoms with Gasteiger partial charge in [0.15, 0.2) is 5.15 Å². The van der Waals surface area contributed by atoms with E-state index in [1.54, 1.807) is 16.8 Å². The number of nitriles is 1. The second kappa shape index (κ2) is 4.88. The van der Waals surface area contributed by atoms with Crippen LogP contribution < -0.4 is 0 Å². The molecule has 5 heteroatoms. The van der Waals surface area contributed by atoms with Crippen LogP contribution in [0.4, 0.5) is 0 Å². The van der Waals surface area contributed by atoms with Gasteiger partial charge in [0.2, 0.25) is 0 Å². The molecule has 0 N–H and O–H groups in total. The Morgan fingerprint density at radius 3 is 2.42 bits per heavy atom. The smallest absolute Gasteiger partial charge is 0.150 e. The fourth-order valence-electron chi connectivity index (χ4n) is 1.80. The van der Waals surface area contributed by atoms with Gasteiger partial charge in [0.05, 0.1) is 11.4 Å². The number of benzene rings is 1. The summed E-state index contributed by atoms with van der Waals surface area (Å²) in [5, 5.41) is 14.6. The molecule has 1 aromatic carbocycles. The van der Waals surface area contributed by atoms with Crippen molar-refractivity contribution in [2.75, 3.05) is 0 Å². The molecule has 0 fully saturated rings. The van der Waals surface area contributed by atoms with Crippen LogP contribution in [0.15, 0.2) is 24.3 Å². The summed E-state index contributed by atoms with van der Waals surface area (Å²) in [4.78, 5) is 0. The quantitative estimate of drug-likeness (QED) is 0.784. The van der Waals surface area contributed by atoms with Crippen LogP contribution in [-0.2, 0) is 5.41 Å². The maximum Gasteiger partial charge on any atom is 0.150 e. The molecule has 0 spiro atoms. The van der Waals surface area contributed by atoms with Crippen molar-refractivity contribution in [3.05, 3.63) is 45.7 Å². The van der Waals surface area contributed by atoms with Gasteiger partial charge in [-0.15, -0.1) is 0 Å². The third-order valence-corrected chi connectivity index (χ3v) is 3.29. The third-order valence-electron chi connectivity index (χ3n) is 2.70. The molecule has 0 aliphatic carbocycles. The normalized spacial score (nSPS) is 11.4. The Kier molecular flexibility index (Phi) is 3.58. The molecule has 1 heterocycles. The van der Waals surface area contributed by atoms with E-state index in [2.05, 4.69) is 11.2 Å². The first-order valence-corrected chi connectivity index (χ1v) is 6.55. The van der Waals surface area contributed by atoms with Crippen molar-refractivity contribution in [1.82, 2.24) is 9.78 Å². The molecule has 0 radical (unpaired) electrons. The Morgan fingerprint density at radius 1 is 1.26 bits per heavy atom. The molecule has 0 unspecified atom stereocenters. The highest BCUT2D eigenvalue weighted by molar-refractivity contribution is 6.31. The van der Waals surface area contributed by atoms with Gasteiger partial charge in [-0.2, -0.15) is 10.4 Å². The van der Waals surface area contributed by atoms with Gasteiger partial charge in [0, 0.05) is 10.4 Å². The largest absolute Gasteiger partial charge is 0.220 e. The van der Waals surface area contributed by atoms with Crippen LogP contribution in [0, 0.1) is 11.3 Å². The minimum atomic E-state index is -0.251. The number of rotatable bonds is 1. The predicted molar refractivity (Wildman–Crippen MR) is 77.0 cm³/mol. The molecule has 1 aromatic heterocycles. The zero-order valence-electron chi connectivity index (χ0n) is 10.9. The van der Waals surface area contributed by atoms with Crippen LogP contribution in [0.1, 0.15) is 32.0 Å². The molecular weight excluding hydrogens is 281 g/mol. The van der Waals surface area contributed by atoms with Crippen LogP contribution in [0.25, 0.3) is 5.69 Å². The van der Waals surface area contributed by atoms with Crippen molar-refractivity contribution in [3.8, 4) is 11.8 Å². The van der Waals surface area contributed by atoms with E-state index in [0.717, 1.165) is 5.69 Å². The Hall–Kier alpha value is -1.50. The summed E-state index contributed by atoms with van der Waals surface area (Å²) in [5.41, 5.74) is 1.58. The summed E-state index contributed by atoms with van der Waals surface area (Å²) in [7, 11) is 0. The van der Waals surface area contributed by atoms with Gasteiger partial charge < -0.3 is 0 Å². The van der Waals surface area contributed by atoms with Gasteiger partial charge in [0.1, 0.15) is 11.6 Å². The van der Waals surface area contributed by atoms with Crippen LogP contribution >= 0.6 is 23.2 Å². The lowest BCUT2D eigenvalue weighted by atomic mass is 9.90. The average Bonchev–Trinajstić information content (AvgIpc) is 2.66. The number of nitrogens with zero attached hydrogens (tertiary/aromatic N) is 3. The minimum Gasteiger partial charge on any atom is -0.220 e. The Balaban J connectivity index is 2.68. The second-order valence-electron chi connectivity index (χ2n) is 5.27. The van der Waals surface area contributed by atoms with Crippen LogP contribution in [-0.4, -0.2) is 9.78 Å². The number of aromatic nitrogens is 2. The molecule has 98 valence electrons. The number of hydrogen-bond donors (Lipinski definition) is 0. The van der Waals surface area contributed by atoms with Crippen LogP contribution in [0.2, 0.25) is 10.2 Å². The van der Waals surface area contributed by atoms with Gasteiger partial charge in [-0.3, -0.25) is 0 Å². The van der Waals surface area contributed by atoms with Crippen molar-refractivity contribution >= 4 is 23.2 Å². The lowest BCUT2D eigenvalue weighted by Gasteiger charge is -2.15. The Morgan fingerprint density at radius 2 is 1.95 bits per heavy atom. The Labute approximate surface area is 122 Å². The Bertz CT molecular complexity index is 660. The molecule has 0 amide bonds. The number of hydrogen-bond acceptors (Lipinski definition) is 2.